The number of rotatable bonds is 4. The molecule has 0 spiro atoms. The number of nitrogens with two attached hydrogens (primary N) is 1. The number of aryl methyl sites for hydroxylation is 2. The molecule has 3 heterocycles. The van der Waals surface area contributed by atoms with E-state index in [2.05, 4.69) is 22.2 Å². The number of carbonyl (C=O) groups is 2. The van der Waals surface area contributed by atoms with Gasteiger partial charge in [-0.05, 0) is 26.7 Å². The van der Waals surface area contributed by atoms with Gasteiger partial charge in [-0.15, -0.1) is 16.4 Å². The van der Waals surface area contributed by atoms with E-state index in [-0.39, 0.29) is 24.1 Å². The van der Waals surface area contributed by atoms with E-state index in [1.807, 2.05) is 6.92 Å². The topological polar surface area (TPSA) is 107 Å². The summed E-state index contributed by atoms with van der Waals surface area (Å²) in [5.74, 6) is -0.423. The molecule has 0 aromatic carbocycles. The van der Waals surface area contributed by atoms with Gasteiger partial charge in [0.1, 0.15) is 6.54 Å². The van der Waals surface area contributed by atoms with Crippen LogP contribution in [0, 0.1) is 13.8 Å². The average molecular weight is 348 g/mol. The van der Waals surface area contributed by atoms with Crippen LogP contribution in [-0.4, -0.2) is 49.8 Å². The number of carbonyl (C=O) groups excluding carboxylic acids is 2. The van der Waals surface area contributed by atoms with Crippen molar-refractivity contribution in [2.75, 3.05) is 13.1 Å². The molecule has 2 aromatic heterocycles. The lowest BCUT2D eigenvalue weighted by atomic mass is 9.98. The fourth-order valence-corrected chi connectivity index (χ4v) is 3.88. The van der Waals surface area contributed by atoms with Gasteiger partial charge in [-0.25, -0.2) is 9.67 Å². The molecule has 1 fully saturated rings. The largest absolute Gasteiger partial charge is 0.368 e. The Morgan fingerprint density at radius 2 is 2.21 bits per heavy atom. The zero-order valence-electron chi connectivity index (χ0n) is 13.7. The van der Waals surface area contributed by atoms with Crippen molar-refractivity contribution in [2.45, 2.75) is 39.2 Å². The van der Waals surface area contributed by atoms with E-state index in [0.717, 1.165) is 23.5 Å². The third kappa shape index (κ3) is 3.45. The SMILES string of the molecule is Cc1nc(C2CCCN(C(=O)c3cn(CC(N)=O)nn3)C2)sc1C. The van der Waals surface area contributed by atoms with Crippen LogP contribution in [0.5, 0.6) is 0 Å². The zero-order valence-corrected chi connectivity index (χ0v) is 14.5. The van der Waals surface area contributed by atoms with Gasteiger partial charge in [0.2, 0.25) is 5.91 Å². The minimum absolute atomic E-state index is 0.0828. The second-order valence-corrected chi connectivity index (χ2v) is 7.29. The number of nitrogens with zero attached hydrogens (tertiary/aromatic N) is 5. The molecule has 2 aromatic rings. The van der Waals surface area contributed by atoms with Crippen LogP contribution in [0.3, 0.4) is 0 Å². The minimum atomic E-state index is -0.522. The van der Waals surface area contributed by atoms with Crippen molar-refractivity contribution in [3.63, 3.8) is 0 Å². The molecule has 1 aliphatic heterocycles. The first kappa shape index (κ1) is 16.6. The van der Waals surface area contributed by atoms with Gasteiger partial charge in [0.15, 0.2) is 5.69 Å². The van der Waals surface area contributed by atoms with Crippen molar-refractivity contribution in [3.8, 4) is 0 Å². The van der Waals surface area contributed by atoms with E-state index < -0.39 is 5.91 Å². The summed E-state index contributed by atoms with van der Waals surface area (Å²) >= 11 is 1.71. The fraction of sp³-hybridized carbons (Fsp3) is 0.533. The molecule has 0 bridgehead atoms. The number of amides is 2. The molecule has 0 radical (unpaired) electrons. The lowest BCUT2D eigenvalue weighted by Crippen LogP contribution is -2.39. The Labute approximate surface area is 143 Å². The lowest BCUT2D eigenvalue weighted by Gasteiger charge is -2.31. The predicted molar refractivity (Wildman–Crippen MR) is 88.7 cm³/mol. The second-order valence-electron chi connectivity index (χ2n) is 6.05. The molecule has 9 heteroatoms. The number of likely N-dealkylation sites (tertiary alicyclic amines) is 1. The maximum atomic E-state index is 12.6. The lowest BCUT2D eigenvalue weighted by molar-refractivity contribution is -0.118. The summed E-state index contributed by atoms with van der Waals surface area (Å²) in [4.78, 5) is 31.2. The van der Waals surface area contributed by atoms with Crippen LogP contribution in [0.15, 0.2) is 6.20 Å². The number of piperidine rings is 1. The Hall–Kier alpha value is -2.29. The normalized spacial score (nSPS) is 17.9. The molecular formula is C15H20N6O2S. The number of primary amides is 1. The first-order chi connectivity index (χ1) is 11.4. The number of hydrogen-bond donors (Lipinski definition) is 1. The number of hydrogen-bond acceptors (Lipinski definition) is 6. The van der Waals surface area contributed by atoms with E-state index >= 15 is 0 Å². The third-order valence-corrected chi connectivity index (χ3v) is 5.41. The molecule has 24 heavy (non-hydrogen) atoms. The third-order valence-electron chi connectivity index (χ3n) is 4.18. The first-order valence-corrected chi connectivity index (χ1v) is 8.67. The van der Waals surface area contributed by atoms with Crippen LogP contribution >= 0.6 is 11.3 Å². The molecular weight excluding hydrogens is 328 g/mol. The highest BCUT2D eigenvalue weighted by molar-refractivity contribution is 7.11. The van der Waals surface area contributed by atoms with E-state index in [9.17, 15) is 9.59 Å². The van der Waals surface area contributed by atoms with Crippen LogP contribution in [-0.2, 0) is 11.3 Å². The molecule has 2 N–H and O–H groups in total. The maximum Gasteiger partial charge on any atom is 0.276 e. The van der Waals surface area contributed by atoms with Crippen molar-refractivity contribution in [1.82, 2.24) is 24.9 Å². The van der Waals surface area contributed by atoms with Crippen LogP contribution in [0.1, 0.15) is 44.8 Å². The van der Waals surface area contributed by atoms with Crippen molar-refractivity contribution in [1.29, 1.82) is 0 Å². The monoisotopic (exact) mass is 348 g/mol. The molecule has 2 amide bonds. The van der Waals surface area contributed by atoms with E-state index in [0.29, 0.717) is 13.1 Å². The quantitative estimate of drug-likeness (QED) is 0.882. The average Bonchev–Trinajstić information content (AvgIpc) is 3.13. The maximum absolute atomic E-state index is 12.6. The Bertz CT molecular complexity index is 748. The van der Waals surface area contributed by atoms with Gasteiger partial charge >= 0.3 is 0 Å². The first-order valence-electron chi connectivity index (χ1n) is 7.85. The molecule has 8 nitrogen and oxygen atoms in total. The van der Waals surface area contributed by atoms with E-state index in [1.165, 1.54) is 15.8 Å². The van der Waals surface area contributed by atoms with Gasteiger partial charge in [0, 0.05) is 23.9 Å². The van der Waals surface area contributed by atoms with E-state index in [4.69, 9.17) is 5.73 Å². The van der Waals surface area contributed by atoms with Crippen LogP contribution in [0.25, 0.3) is 0 Å². The number of aromatic nitrogens is 4. The number of thiazole rings is 1. The van der Waals surface area contributed by atoms with Crippen LogP contribution in [0.2, 0.25) is 0 Å². The summed E-state index contributed by atoms with van der Waals surface area (Å²) in [5.41, 5.74) is 6.42. The summed E-state index contributed by atoms with van der Waals surface area (Å²) in [5, 5.41) is 8.73. The summed E-state index contributed by atoms with van der Waals surface area (Å²) in [6.45, 7) is 5.33. The van der Waals surface area contributed by atoms with E-state index in [1.54, 1.807) is 16.2 Å². The van der Waals surface area contributed by atoms with Gasteiger partial charge in [0.25, 0.3) is 5.91 Å². The molecule has 1 aliphatic rings. The Morgan fingerprint density at radius 3 is 2.88 bits per heavy atom. The summed E-state index contributed by atoms with van der Waals surface area (Å²) in [7, 11) is 0. The smallest absolute Gasteiger partial charge is 0.276 e. The molecule has 3 rings (SSSR count). The molecule has 1 atom stereocenters. The molecule has 1 saturated heterocycles. The highest BCUT2D eigenvalue weighted by atomic mass is 32.1. The zero-order chi connectivity index (χ0) is 17.3. The summed E-state index contributed by atoms with van der Waals surface area (Å²) in [6, 6.07) is 0. The molecule has 128 valence electrons. The fourth-order valence-electron chi connectivity index (χ4n) is 2.83. The standard InChI is InChI=1S/C15H20N6O2S/c1-9-10(2)24-14(17-9)11-4-3-5-20(6-11)15(23)12-7-21(19-18-12)8-13(16)22/h7,11H,3-6,8H2,1-2H3,(H2,16,22). The summed E-state index contributed by atoms with van der Waals surface area (Å²) < 4.78 is 1.28. The van der Waals surface area contributed by atoms with Crippen molar-refractivity contribution < 1.29 is 9.59 Å². The molecule has 1 unspecified atom stereocenters. The Kier molecular flexibility index (Phi) is 4.61. The van der Waals surface area contributed by atoms with Crippen molar-refractivity contribution in [2.24, 2.45) is 5.73 Å². The molecule has 0 saturated carbocycles. The second kappa shape index (κ2) is 6.68. The van der Waals surface area contributed by atoms with Gasteiger partial charge in [0.05, 0.1) is 16.9 Å². The van der Waals surface area contributed by atoms with Gasteiger partial charge in [-0.1, -0.05) is 5.21 Å². The van der Waals surface area contributed by atoms with Crippen LogP contribution < -0.4 is 5.73 Å². The Morgan fingerprint density at radius 1 is 1.42 bits per heavy atom. The van der Waals surface area contributed by atoms with Gasteiger partial charge in [-0.3, -0.25) is 9.59 Å². The van der Waals surface area contributed by atoms with Crippen molar-refractivity contribution in [3.05, 3.63) is 27.5 Å². The molecule has 0 aliphatic carbocycles. The highest BCUT2D eigenvalue weighted by Gasteiger charge is 2.28. The highest BCUT2D eigenvalue weighted by Crippen LogP contribution is 2.31. The predicted octanol–water partition coefficient (Wildman–Crippen LogP) is 0.857. The van der Waals surface area contributed by atoms with Gasteiger partial charge < -0.3 is 10.6 Å². The van der Waals surface area contributed by atoms with Crippen LogP contribution in [0.4, 0.5) is 0 Å². The Balaban J connectivity index is 1.70. The minimum Gasteiger partial charge on any atom is -0.368 e. The summed E-state index contributed by atoms with van der Waals surface area (Å²) in [6.07, 6.45) is 3.43. The van der Waals surface area contributed by atoms with Crippen molar-refractivity contribution >= 4 is 23.2 Å². The van der Waals surface area contributed by atoms with Gasteiger partial charge in [-0.2, -0.15) is 0 Å².